The van der Waals surface area contributed by atoms with E-state index in [1.165, 1.54) is 12.1 Å². The number of hydrogen-bond donors (Lipinski definition) is 1. The highest BCUT2D eigenvalue weighted by Gasteiger charge is 2.16. The van der Waals surface area contributed by atoms with E-state index < -0.39 is 11.7 Å². The molecule has 25 heavy (non-hydrogen) atoms. The summed E-state index contributed by atoms with van der Waals surface area (Å²) in [5.74, 6) is -0.177. The van der Waals surface area contributed by atoms with E-state index in [0.717, 1.165) is 25.1 Å². The Bertz CT molecular complexity index is 1040. The molecule has 0 radical (unpaired) electrons. The molecule has 6 heteroatoms. The maximum absolute atomic E-state index is 13.7. The molecule has 3 aromatic rings. The zero-order chi connectivity index (χ0) is 17.4. The Morgan fingerprint density at radius 3 is 2.84 bits per heavy atom. The van der Waals surface area contributed by atoms with Crippen LogP contribution in [0.25, 0.3) is 10.9 Å². The minimum atomic E-state index is -0.498. The van der Waals surface area contributed by atoms with Gasteiger partial charge in [-0.25, -0.2) is 9.37 Å². The van der Waals surface area contributed by atoms with Crippen LogP contribution in [0.5, 0.6) is 0 Å². The molecule has 0 spiro atoms. The minimum absolute atomic E-state index is 0.0687. The van der Waals surface area contributed by atoms with Gasteiger partial charge in [-0.2, -0.15) is 0 Å². The van der Waals surface area contributed by atoms with Crippen molar-refractivity contribution in [1.29, 1.82) is 0 Å². The zero-order valence-electron chi connectivity index (χ0n) is 13.5. The van der Waals surface area contributed by atoms with Crippen molar-refractivity contribution in [2.45, 2.75) is 25.8 Å². The highest BCUT2D eigenvalue weighted by atomic mass is 19.1. The number of nitrogens with one attached hydrogen (secondary N) is 1. The van der Waals surface area contributed by atoms with Gasteiger partial charge in [-0.1, -0.05) is 12.1 Å². The van der Waals surface area contributed by atoms with Gasteiger partial charge in [0.15, 0.2) is 0 Å². The van der Waals surface area contributed by atoms with Crippen LogP contribution >= 0.6 is 0 Å². The molecule has 1 aliphatic rings. The van der Waals surface area contributed by atoms with Crippen molar-refractivity contribution in [3.05, 3.63) is 70.0 Å². The molecule has 0 aliphatic carbocycles. The third-order valence-corrected chi connectivity index (χ3v) is 4.45. The van der Waals surface area contributed by atoms with Crippen LogP contribution in [0, 0.1) is 5.82 Å². The summed E-state index contributed by atoms with van der Waals surface area (Å²) in [6.07, 6.45) is 2.74. The molecule has 0 saturated heterocycles. The Hall–Kier alpha value is -3.02. The topological polar surface area (TPSA) is 64.0 Å². The number of carbonyl (C=O) groups is 1. The molecule has 0 unspecified atom stereocenters. The summed E-state index contributed by atoms with van der Waals surface area (Å²) >= 11 is 0. The zero-order valence-corrected chi connectivity index (χ0v) is 13.5. The van der Waals surface area contributed by atoms with Crippen molar-refractivity contribution in [1.82, 2.24) is 9.55 Å². The van der Waals surface area contributed by atoms with Gasteiger partial charge >= 0.3 is 0 Å². The number of benzene rings is 2. The van der Waals surface area contributed by atoms with Crippen LogP contribution in [0.2, 0.25) is 0 Å². The lowest BCUT2D eigenvalue weighted by atomic mass is 10.1. The standard InChI is InChI=1S/C19H16FN3O2/c20-14-5-1-2-6-15(14)22-18(24)12-8-9-13-16(11-12)21-17-7-3-4-10-23(17)19(13)25/h1-2,5-6,8-9,11H,3-4,7,10H2,(H,22,24). The molecular weight excluding hydrogens is 321 g/mol. The average molecular weight is 337 g/mol. The molecule has 0 bridgehead atoms. The quantitative estimate of drug-likeness (QED) is 0.781. The van der Waals surface area contributed by atoms with E-state index in [1.54, 1.807) is 34.9 Å². The SMILES string of the molecule is O=C(Nc1ccccc1F)c1ccc2c(=O)n3c(nc2c1)CCCC3. The van der Waals surface area contributed by atoms with Gasteiger partial charge in [-0.05, 0) is 43.2 Å². The Morgan fingerprint density at radius 1 is 1.16 bits per heavy atom. The van der Waals surface area contributed by atoms with Gasteiger partial charge in [0.25, 0.3) is 11.5 Å². The van der Waals surface area contributed by atoms with E-state index in [1.807, 2.05) is 0 Å². The summed E-state index contributed by atoms with van der Waals surface area (Å²) in [6, 6.07) is 10.7. The first-order valence-corrected chi connectivity index (χ1v) is 8.23. The molecule has 1 amide bonds. The van der Waals surface area contributed by atoms with Gasteiger partial charge in [0.1, 0.15) is 11.6 Å². The average Bonchev–Trinajstić information content (AvgIpc) is 2.63. The molecule has 5 nitrogen and oxygen atoms in total. The number of hydrogen-bond acceptors (Lipinski definition) is 3. The Labute approximate surface area is 143 Å². The number of para-hydroxylation sites is 1. The van der Waals surface area contributed by atoms with Crippen molar-refractivity contribution in [2.24, 2.45) is 0 Å². The third kappa shape index (κ3) is 2.80. The number of amides is 1. The number of fused-ring (bicyclic) bond motifs is 2. The number of rotatable bonds is 2. The predicted octanol–water partition coefficient (Wildman–Crippen LogP) is 3.12. The lowest BCUT2D eigenvalue weighted by Crippen LogP contribution is -2.28. The smallest absolute Gasteiger partial charge is 0.261 e. The van der Waals surface area contributed by atoms with Crippen molar-refractivity contribution in [3.8, 4) is 0 Å². The first-order chi connectivity index (χ1) is 12.1. The number of aryl methyl sites for hydroxylation is 1. The first kappa shape index (κ1) is 15.5. The van der Waals surface area contributed by atoms with E-state index in [0.29, 0.717) is 23.0 Å². The summed E-state index contributed by atoms with van der Waals surface area (Å²) in [5, 5.41) is 3.04. The number of halogens is 1. The van der Waals surface area contributed by atoms with E-state index >= 15 is 0 Å². The fraction of sp³-hybridized carbons (Fsp3) is 0.211. The highest BCUT2D eigenvalue weighted by molar-refractivity contribution is 6.06. The Morgan fingerprint density at radius 2 is 2.00 bits per heavy atom. The molecule has 0 saturated carbocycles. The maximum atomic E-state index is 13.7. The summed E-state index contributed by atoms with van der Waals surface area (Å²) in [5.41, 5.74) is 0.884. The normalized spacial score (nSPS) is 13.5. The number of anilines is 1. The van der Waals surface area contributed by atoms with Crippen LogP contribution in [0.15, 0.2) is 47.3 Å². The second-order valence-corrected chi connectivity index (χ2v) is 6.11. The second-order valence-electron chi connectivity index (χ2n) is 6.11. The van der Waals surface area contributed by atoms with Crippen molar-refractivity contribution in [3.63, 3.8) is 0 Å². The van der Waals surface area contributed by atoms with Gasteiger partial charge in [-0.15, -0.1) is 0 Å². The summed E-state index contributed by atoms with van der Waals surface area (Å²) < 4.78 is 15.4. The van der Waals surface area contributed by atoms with Crippen molar-refractivity contribution >= 4 is 22.5 Å². The Kier molecular flexibility index (Phi) is 3.80. The predicted molar refractivity (Wildman–Crippen MR) is 93.3 cm³/mol. The summed E-state index contributed by atoms with van der Waals surface area (Å²) in [7, 11) is 0. The van der Waals surface area contributed by atoms with E-state index in [9.17, 15) is 14.0 Å². The lowest BCUT2D eigenvalue weighted by Gasteiger charge is -2.17. The fourth-order valence-corrected chi connectivity index (χ4v) is 3.14. The van der Waals surface area contributed by atoms with E-state index in [2.05, 4.69) is 10.3 Å². The summed E-state index contributed by atoms with van der Waals surface area (Å²) in [6.45, 7) is 0.687. The highest BCUT2D eigenvalue weighted by Crippen LogP contribution is 2.18. The Balaban J connectivity index is 1.72. The van der Waals surface area contributed by atoms with Crippen LogP contribution in [0.4, 0.5) is 10.1 Å². The van der Waals surface area contributed by atoms with Gasteiger partial charge in [0.05, 0.1) is 16.6 Å². The number of carbonyl (C=O) groups excluding carboxylic acids is 1. The van der Waals surface area contributed by atoms with E-state index in [-0.39, 0.29) is 11.2 Å². The molecular formula is C19H16FN3O2. The van der Waals surface area contributed by atoms with Crippen LogP contribution in [0.3, 0.4) is 0 Å². The van der Waals surface area contributed by atoms with Gasteiger partial charge in [0.2, 0.25) is 0 Å². The molecule has 1 aliphatic heterocycles. The largest absolute Gasteiger partial charge is 0.319 e. The monoisotopic (exact) mass is 337 g/mol. The molecule has 126 valence electrons. The van der Waals surface area contributed by atoms with Crippen molar-refractivity contribution < 1.29 is 9.18 Å². The van der Waals surface area contributed by atoms with Gasteiger partial charge in [-0.3, -0.25) is 14.2 Å². The molecule has 1 N–H and O–H groups in total. The number of aromatic nitrogens is 2. The molecule has 0 atom stereocenters. The molecule has 1 aromatic heterocycles. The lowest BCUT2D eigenvalue weighted by molar-refractivity contribution is 0.102. The first-order valence-electron chi connectivity index (χ1n) is 8.23. The third-order valence-electron chi connectivity index (χ3n) is 4.45. The minimum Gasteiger partial charge on any atom is -0.319 e. The van der Waals surface area contributed by atoms with Crippen molar-refractivity contribution in [2.75, 3.05) is 5.32 Å². The van der Waals surface area contributed by atoms with Gasteiger partial charge < -0.3 is 5.32 Å². The van der Waals surface area contributed by atoms with Crippen LogP contribution in [-0.2, 0) is 13.0 Å². The molecule has 4 rings (SSSR count). The van der Waals surface area contributed by atoms with Crippen LogP contribution in [0.1, 0.15) is 29.0 Å². The molecule has 2 heterocycles. The van der Waals surface area contributed by atoms with Crippen LogP contribution < -0.4 is 10.9 Å². The number of nitrogens with zero attached hydrogens (tertiary/aromatic N) is 2. The molecule has 2 aromatic carbocycles. The van der Waals surface area contributed by atoms with E-state index in [4.69, 9.17) is 0 Å². The van der Waals surface area contributed by atoms with Crippen LogP contribution in [-0.4, -0.2) is 15.5 Å². The molecule has 0 fully saturated rings. The fourth-order valence-electron chi connectivity index (χ4n) is 3.14. The summed E-state index contributed by atoms with van der Waals surface area (Å²) in [4.78, 5) is 29.5. The van der Waals surface area contributed by atoms with Gasteiger partial charge in [0, 0.05) is 18.5 Å². The maximum Gasteiger partial charge on any atom is 0.261 e. The second kappa shape index (κ2) is 6.12.